The van der Waals surface area contributed by atoms with Crippen LogP contribution in [0.5, 0.6) is 0 Å². The molecule has 7 heteroatoms. The summed E-state index contributed by atoms with van der Waals surface area (Å²) in [7, 11) is 3.05. The summed E-state index contributed by atoms with van der Waals surface area (Å²) in [4.78, 5) is 11.1. The molecule has 0 saturated carbocycles. The fraction of sp³-hybridized carbons (Fsp3) is 0.700. The van der Waals surface area contributed by atoms with Crippen molar-refractivity contribution in [2.45, 2.75) is 13.3 Å². The van der Waals surface area contributed by atoms with Crippen molar-refractivity contribution in [2.75, 3.05) is 34.2 Å². The summed E-state index contributed by atoms with van der Waals surface area (Å²) in [6, 6.07) is 0. The van der Waals surface area contributed by atoms with Crippen molar-refractivity contribution in [3.05, 3.63) is 12.2 Å². The Morgan fingerprint density at radius 3 is 2.06 bits per heavy atom. The van der Waals surface area contributed by atoms with Gasteiger partial charge in [0.2, 0.25) is 5.91 Å². The van der Waals surface area contributed by atoms with E-state index in [0.717, 1.165) is 24.0 Å². The molecule has 102 valence electrons. The molecule has 0 saturated heterocycles. The number of rotatable bonds is 5. The molecule has 1 amide bonds. The van der Waals surface area contributed by atoms with Crippen LogP contribution < -0.4 is 5.32 Å². The first-order chi connectivity index (χ1) is 7.56. The Morgan fingerprint density at radius 2 is 1.76 bits per heavy atom. The van der Waals surface area contributed by atoms with Gasteiger partial charge in [-0.3, -0.25) is 4.79 Å². The Bertz CT molecular complexity index is 311. The number of hydrogen-bond donors (Lipinski definition) is 2. The van der Waals surface area contributed by atoms with Crippen LogP contribution in [0.15, 0.2) is 12.2 Å². The normalized spacial score (nSPS) is 10.5. The minimum absolute atomic E-state index is 0.0404. The summed E-state index contributed by atoms with van der Waals surface area (Å²) in [6.45, 7) is 7.09. The van der Waals surface area contributed by atoms with E-state index in [4.69, 9.17) is 13.0 Å². The number of carbonyl (C=O) groups is 1. The van der Waals surface area contributed by atoms with Crippen LogP contribution in [0.4, 0.5) is 0 Å². The zero-order valence-corrected chi connectivity index (χ0v) is 11.8. The Labute approximate surface area is 105 Å². The molecule has 1 N–H and O–H groups in total. The van der Waals surface area contributed by atoms with E-state index < -0.39 is 11.0 Å². The molecular formula is C10H22N2O4S. The molecule has 0 aromatic rings. The largest absolute Gasteiger partial charge is 0.750 e. The van der Waals surface area contributed by atoms with Crippen molar-refractivity contribution in [2.24, 2.45) is 0 Å². The van der Waals surface area contributed by atoms with E-state index in [2.05, 4.69) is 33.0 Å². The topological polar surface area (TPSA) is 86.3 Å². The third-order valence-corrected chi connectivity index (χ3v) is 1.68. The average molecular weight is 266 g/mol. The van der Waals surface area contributed by atoms with E-state index in [0.29, 0.717) is 5.57 Å². The van der Waals surface area contributed by atoms with E-state index in [1.54, 1.807) is 6.92 Å². The van der Waals surface area contributed by atoms with E-state index in [-0.39, 0.29) is 5.91 Å². The van der Waals surface area contributed by atoms with Gasteiger partial charge in [-0.25, -0.2) is 8.42 Å². The summed E-state index contributed by atoms with van der Waals surface area (Å²) in [5, 5.41) is 2.81. The van der Waals surface area contributed by atoms with Gasteiger partial charge >= 0.3 is 0 Å². The maximum absolute atomic E-state index is 11.1. The Morgan fingerprint density at radius 1 is 1.35 bits per heavy atom. The zero-order chi connectivity index (χ0) is 14.1. The van der Waals surface area contributed by atoms with Gasteiger partial charge < -0.3 is 14.4 Å². The van der Waals surface area contributed by atoms with Gasteiger partial charge in [0.05, 0.1) is 38.7 Å². The molecule has 0 radical (unpaired) electrons. The van der Waals surface area contributed by atoms with Crippen molar-refractivity contribution < 1.29 is 22.2 Å². The second kappa shape index (κ2) is 9.15. The molecule has 0 aliphatic rings. The van der Waals surface area contributed by atoms with Crippen LogP contribution in [0.1, 0.15) is 13.3 Å². The van der Waals surface area contributed by atoms with Crippen LogP contribution in [0.3, 0.4) is 0 Å². The molecule has 6 nitrogen and oxygen atoms in total. The second-order valence-electron chi connectivity index (χ2n) is 4.63. The third-order valence-electron chi connectivity index (χ3n) is 1.68. The summed E-state index contributed by atoms with van der Waals surface area (Å²) >= 11 is 0. The van der Waals surface area contributed by atoms with Crippen LogP contribution in [0.25, 0.3) is 0 Å². The van der Waals surface area contributed by atoms with E-state index in [9.17, 15) is 4.79 Å². The summed E-state index contributed by atoms with van der Waals surface area (Å²) < 4.78 is 26.4. The second-order valence-corrected chi connectivity index (χ2v) is 5.07. The molecule has 17 heavy (non-hydrogen) atoms. The fourth-order valence-corrected chi connectivity index (χ4v) is 0.906. The zero-order valence-electron chi connectivity index (χ0n) is 10.9. The highest BCUT2D eigenvalue weighted by molar-refractivity contribution is 7.66. The molecule has 0 fully saturated rings. The predicted molar refractivity (Wildman–Crippen MR) is 66.4 cm³/mol. The molecular weight excluding hydrogens is 244 g/mol. The lowest BCUT2D eigenvalue weighted by Crippen LogP contribution is -2.37. The Kier molecular flexibility index (Phi) is 9.92. The SMILES string of the molecule is C=C(C)C(=O)NCCC[N+](C)(C)C.O=[SH](=O)[O-]. The lowest BCUT2D eigenvalue weighted by atomic mass is 10.3. The highest BCUT2D eigenvalue weighted by Gasteiger charge is 2.06. The highest BCUT2D eigenvalue weighted by atomic mass is 32.2. The average Bonchev–Trinajstić information content (AvgIpc) is 2.09. The number of hydrogen-bond acceptors (Lipinski definition) is 4. The van der Waals surface area contributed by atoms with Gasteiger partial charge in [-0.1, -0.05) is 6.58 Å². The van der Waals surface area contributed by atoms with Gasteiger partial charge in [0.15, 0.2) is 0 Å². The van der Waals surface area contributed by atoms with Gasteiger partial charge in [-0.15, -0.1) is 0 Å². The fourth-order valence-electron chi connectivity index (χ4n) is 0.906. The molecule has 0 spiro atoms. The van der Waals surface area contributed by atoms with Crippen molar-refractivity contribution in [1.29, 1.82) is 0 Å². The van der Waals surface area contributed by atoms with E-state index >= 15 is 0 Å². The number of amides is 1. The maximum Gasteiger partial charge on any atom is 0.246 e. The minimum Gasteiger partial charge on any atom is -0.750 e. The molecule has 0 unspecified atom stereocenters. The molecule has 0 rings (SSSR count). The van der Waals surface area contributed by atoms with Crippen molar-refractivity contribution in [3.8, 4) is 0 Å². The van der Waals surface area contributed by atoms with Crippen molar-refractivity contribution >= 4 is 16.9 Å². The summed E-state index contributed by atoms with van der Waals surface area (Å²) in [5.74, 6) is -0.0404. The van der Waals surface area contributed by atoms with Gasteiger partial charge in [0, 0.05) is 18.5 Å². The number of nitrogens with zero attached hydrogens (tertiary/aromatic N) is 1. The predicted octanol–water partition coefficient (Wildman–Crippen LogP) is -0.497. The first kappa shape index (κ1) is 18.4. The highest BCUT2D eigenvalue weighted by Crippen LogP contribution is 1.92. The van der Waals surface area contributed by atoms with Gasteiger partial charge in [0.25, 0.3) is 0 Å². The molecule has 0 aromatic heterocycles. The summed E-state index contributed by atoms with van der Waals surface area (Å²) in [6.07, 6.45) is 1.00. The number of quaternary nitrogens is 1. The van der Waals surface area contributed by atoms with Crippen LogP contribution in [-0.2, 0) is 15.8 Å². The van der Waals surface area contributed by atoms with Gasteiger partial charge in [0.1, 0.15) is 0 Å². The Hall–Kier alpha value is -0.920. The van der Waals surface area contributed by atoms with Gasteiger partial charge in [-0.05, 0) is 6.92 Å². The summed E-state index contributed by atoms with van der Waals surface area (Å²) in [5.41, 5.74) is 0.574. The first-order valence-corrected chi connectivity index (χ1v) is 6.21. The molecule has 0 aliphatic carbocycles. The van der Waals surface area contributed by atoms with Crippen molar-refractivity contribution in [1.82, 2.24) is 5.32 Å². The van der Waals surface area contributed by atoms with E-state index in [1.807, 2.05) is 0 Å². The standard InChI is InChI=1S/C10H20N2O.H2O3S/c1-9(2)10(13)11-7-6-8-12(3,4)5;1-4(2)3/h1,6-8H2,2-5H3;4H,(H,1,2,3). The van der Waals surface area contributed by atoms with Crippen LogP contribution in [0, 0.1) is 0 Å². The molecule has 0 bridgehead atoms. The Balaban J connectivity index is 0. The quantitative estimate of drug-likeness (QED) is 0.231. The number of carbonyl (C=O) groups excluding carboxylic acids is 1. The maximum atomic E-state index is 11.1. The van der Waals surface area contributed by atoms with Crippen LogP contribution >= 0.6 is 0 Å². The van der Waals surface area contributed by atoms with Crippen molar-refractivity contribution in [3.63, 3.8) is 0 Å². The van der Waals surface area contributed by atoms with E-state index in [1.165, 1.54) is 0 Å². The molecule has 0 aromatic carbocycles. The lowest BCUT2D eigenvalue weighted by Gasteiger charge is -2.23. The minimum atomic E-state index is -3.37. The first-order valence-electron chi connectivity index (χ1n) is 5.12. The number of nitrogens with one attached hydrogen (secondary N) is 1. The monoisotopic (exact) mass is 266 g/mol. The molecule has 0 aliphatic heterocycles. The lowest BCUT2D eigenvalue weighted by molar-refractivity contribution is -0.870. The number of thiol groups is 1. The van der Waals surface area contributed by atoms with Crippen LogP contribution in [-0.4, -0.2) is 57.6 Å². The molecule has 0 heterocycles. The smallest absolute Gasteiger partial charge is 0.246 e. The van der Waals surface area contributed by atoms with Crippen LogP contribution in [0.2, 0.25) is 0 Å². The molecule has 0 atom stereocenters. The third kappa shape index (κ3) is 21.0. The van der Waals surface area contributed by atoms with Gasteiger partial charge in [-0.2, -0.15) is 0 Å².